The van der Waals surface area contributed by atoms with Crippen LogP contribution >= 0.6 is 30.1 Å². The lowest BCUT2D eigenvalue weighted by molar-refractivity contribution is 0.628. The van der Waals surface area contributed by atoms with Crippen LogP contribution in [0.1, 0.15) is 5.69 Å². The van der Waals surface area contributed by atoms with Gasteiger partial charge in [0.15, 0.2) is 0 Å². The second kappa shape index (κ2) is 7.06. The van der Waals surface area contributed by atoms with Crippen LogP contribution < -0.4 is 0 Å². The summed E-state index contributed by atoms with van der Waals surface area (Å²) in [7, 11) is 1.59. The number of aromatic nitrogens is 4. The van der Waals surface area contributed by atoms with E-state index < -0.39 is 0 Å². The molecular formula is C15H9FIN5S. The Morgan fingerprint density at radius 3 is 2.74 bits per heavy atom. The van der Waals surface area contributed by atoms with E-state index in [1.165, 1.54) is 12.1 Å². The van der Waals surface area contributed by atoms with Crippen molar-refractivity contribution in [2.24, 2.45) is 0 Å². The van der Waals surface area contributed by atoms with Gasteiger partial charge in [-0.2, -0.15) is 5.26 Å². The van der Waals surface area contributed by atoms with Gasteiger partial charge in [-0.3, -0.25) is 0 Å². The van der Waals surface area contributed by atoms with E-state index in [4.69, 9.17) is 0 Å². The second-order valence-corrected chi connectivity index (χ2v) is 6.97. The molecule has 5 nitrogen and oxygen atoms in total. The molecule has 0 bridgehead atoms. The number of rotatable bonds is 4. The predicted octanol–water partition coefficient (Wildman–Crippen LogP) is 4.06. The molecular weight excluding hydrogens is 428 g/mol. The minimum absolute atomic E-state index is 0.282. The molecule has 0 radical (unpaired) electrons. The van der Waals surface area contributed by atoms with Gasteiger partial charge in [0.25, 0.3) is 0 Å². The van der Waals surface area contributed by atoms with E-state index >= 15 is 0 Å². The molecule has 0 saturated heterocycles. The van der Waals surface area contributed by atoms with Crippen molar-refractivity contribution < 1.29 is 4.39 Å². The molecule has 3 rings (SSSR count). The SMILES string of the molecule is N#Cc1ncc(-c2ccc(F)cc2)cc1-c1cn(CSI)nn1. The first-order valence-corrected chi connectivity index (χ1v) is 10.0. The van der Waals surface area contributed by atoms with Crippen LogP contribution in [0, 0.1) is 17.1 Å². The van der Waals surface area contributed by atoms with Crippen molar-refractivity contribution in [3.8, 4) is 28.5 Å². The van der Waals surface area contributed by atoms with Crippen molar-refractivity contribution in [2.45, 2.75) is 5.88 Å². The number of pyridine rings is 1. The van der Waals surface area contributed by atoms with Crippen LogP contribution in [0.25, 0.3) is 22.4 Å². The molecule has 0 aliphatic rings. The summed E-state index contributed by atoms with van der Waals surface area (Å²) >= 11 is 2.18. The fourth-order valence-corrected chi connectivity index (χ4v) is 3.17. The molecule has 0 unspecified atom stereocenters. The molecule has 0 fully saturated rings. The van der Waals surface area contributed by atoms with Crippen LogP contribution in [0.4, 0.5) is 4.39 Å². The number of halogens is 2. The average Bonchev–Trinajstić information content (AvgIpc) is 3.04. The zero-order valence-corrected chi connectivity index (χ0v) is 14.6. The molecule has 3 aromatic rings. The first-order valence-electron chi connectivity index (χ1n) is 6.51. The van der Waals surface area contributed by atoms with Crippen LogP contribution in [-0.2, 0) is 5.88 Å². The zero-order valence-electron chi connectivity index (χ0n) is 11.6. The van der Waals surface area contributed by atoms with E-state index in [0.717, 1.165) is 11.1 Å². The Morgan fingerprint density at radius 1 is 1.26 bits per heavy atom. The monoisotopic (exact) mass is 437 g/mol. The predicted molar refractivity (Wildman–Crippen MR) is 95.0 cm³/mol. The van der Waals surface area contributed by atoms with Crippen LogP contribution in [0.3, 0.4) is 0 Å². The van der Waals surface area contributed by atoms with Gasteiger partial charge in [0.2, 0.25) is 0 Å². The van der Waals surface area contributed by atoms with Crippen molar-refractivity contribution in [3.05, 3.63) is 54.2 Å². The fourth-order valence-electron chi connectivity index (χ4n) is 2.08. The van der Waals surface area contributed by atoms with E-state index in [0.29, 0.717) is 17.1 Å². The van der Waals surface area contributed by atoms with Gasteiger partial charge in [0.1, 0.15) is 23.3 Å². The Morgan fingerprint density at radius 2 is 2.04 bits per heavy atom. The molecule has 2 heterocycles. The molecule has 23 heavy (non-hydrogen) atoms. The third-order valence-electron chi connectivity index (χ3n) is 3.17. The maximum atomic E-state index is 13.1. The molecule has 1 aromatic carbocycles. The van der Waals surface area contributed by atoms with Gasteiger partial charge in [0.05, 0.1) is 12.1 Å². The highest BCUT2D eigenvalue weighted by Crippen LogP contribution is 2.27. The number of nitriles is 1. The van der Waals surface area contributed by atoms with Crippen LogP contribution in [0.5, 0.6) is 0 Å². The molecule has 114 valence electrons. The Bertz CT molecular complexity index is 872. The number of nitrogens with zero attached hydrogens (tertiary/aromatic N) is 5. The highest BCUT2D eigenvalue weighted by Gasteiger charge is 2.12. The van der Waals surface area contributed by atoms with Crippen molar-refractivity contribution in [2.75, 3.05) is 0 Å². The average molecular weight is 437 g/mol. The first-order chi connectivity index (χ1) is 11.2. The molecule has 2 aromatic heterocycles. The van der Waals surface area contributed by atoms with E-state index in [9.17, 15) is 9.65 Å². The van der Waals surface area contributed by atoms with Crippen LogP contribution in [0.2, 0.25) is 0 Å². The molecule has 0 aliphatic heterocycles. The molecule has 0 aliphatic carbocycles. The highest BCUT2D eigenvalue weighted by molar-refractivity contribution is 14.2. The van der Waals surface area contributed by atoms with Gasteiger partial charge in [0, 0.05) is 17.3 Å². The first kappa shape index (κ1) is 15.9. The van der Waals surface area contributed by atoms with Crippen molar-refractivity contribution in [1.29, 1.82) is 5.26 Å². The summed E-state index contributed by atoms with van der Waals surface area (Å²) in [5.41, 5.74) is 3.09. The highest BCUT2D eigenvalue weighted by atomic mass is 127. The normalized spacial score (nSPS) is 10.5. The topological polar surface area (TPSA) is 67.4 Å². The quantitative estimate of drug-likeness (QED) is 0.576. The van der Waals surface area contributed by atoms with Gasteiger partial charge < -0.3 is 0 Å². The Kier molecular flexibility index (Phi) is 4.88. The minimum atomic E-state index is -0.296. The molecule has 0 N–H and O–H groups in total. The molecule has 0 spiro atoms. The fraction of sp³-hybridized carbons (Fsp3) is 0.0667. The summed E-state index contributed by atoms with van der Waals surface area (Å²) in [6, 6.07) is 10.0. The van der Waals surface area contributed by atoms with E-state index in [1.54, 1.807) is 38.1 Å². The largest absolute Gasteiger partial charge is 0.244 e. The van der Waals surface area contributed by atoms with Gasteiger partial charge in [-0.25, -0.2) is 14.1 Å². The molecule has 0 atom stereocenters. The smallest absolute Gasteiger partial charge is 0.149 e. The zero-order chi connectivity index (χ0) is 16.2. The third-order valence-corrected chi connectivity index (χ3v) is 4.36. The maximum Gasteiger partial charge on any atom is 0.149 e. The van der Waals surface area contributed by atoms with Gasteiger partial charge >= 0.3 is 0 Å². The molecule has 0 amide bonds. The Labute approximate surface area is 148 Å². The molecule has 0 saturated carbocycles. The van der Waals surface area contributed by atoms with Crippen LogP contribution in [-0.4, -0.2) is 20.0 Å². The Hall–Kier alpha value is -1.99. The summed E-state index contributed by atoms with van der Waals surface area (Å²) in [6.45, 7) is 0. The van der Waals surface area contributed by atoms with Crippen molar-refractivity contribution >= 4 is 30.1 Å². The van der Waals surface area contributed by atoms with Gasteiger partial charge in [-0.1, -0.05) is 26.3 Å². The molecule has 8 heteroatoms. The summed E-state index contributed by atoms with van der Waals surface area (Å²) < 4.78 is 14.8. The Balaban J connectivity index is 2.05. The lowest BCUT2D eigenvalue weighted by atomic mass is 10.0. The van der Waals surface area contributed by atoms with E-state index in [-0.39, 0.29) is 11.5 Å². The summed E-state index contributed by atoms with van der Waals surface area (Å²) in [5.74, 6) is 0.371. The van der Waals surface area contributed by atoms with Gasteiger partial charge in [-0.15, -0.1) is 5.10 Å². The minimum Gasteiger partial charge on any atom is -0.244 e. The van der Waals surface area contributed by atoms with Crippen LogP contribution in [0.15, 0.2) is 42.7 Å². The summed E-state index contributed by atoms with van der Waals surface area (Å²) in [5, 5.41) is 17.4. The number of benzene rings is 1. The standard InChI is InChI=1S/C15H9FIN5S/c16-12-3-1-10(2-4-12)11-5-13(14(6-18)19-7-11)15-8-22(9-23-17)21-20-15/h1-5,7-8H,9H2. The lowest BCUT2D eigenvalue weighted by Gasteiger charge is -2.05. The summed E-state index contributed by atoms with van der Waals surface area (Å²) in [6.07, 6.45) is 3.37. The lowest BCUT2D eigenvalue weighted by Crippen LogP contribution is -1.92. The van der Waals surface area contributed by atoms with Crippen molar-refractivity contribution in [1.82, 2.24) is 20.0 Å². The van der Waals surface area contributed by atoms with Crippen molar-refractivity contribution in [3.63, 3.8) is 0 Å². The second-order valence-electron chi connectivity index (χ2n) is 4.62. The van der Waals surface area contributed by atoms with E-state index in [1.807, 2.05) is 6.07 Å². The van der Waals surface area contributed by atoms with E-state index in [2.05, 4.69) is 42.6 Å². The number of hydrogen-bond donors (Lipinski definition) is 0. The summed E-state index contributed by atoms with van der Waals surface area (Å²) in [4.78, 5) is 4.19. The third kappa shape index (κ3) is 3.51. The van der Waals surface area contributed by atoms with Gasteiger partial charge in [-0.05, 0) is 45.0 Å². The maximum absolute atomic E-state index is 13.1. The number of hydrogen-bond acceptors (Lipinski definition) is 5.